The number of benzene rings is 2. The van der Waals surface area contributed by atoms with Crippen molar-refractivity contribution in [1.82, 2.24) is 9.78 Å². The highest BCUT2D eigenvalue weighted by Crippen LogP contribution is 2.40. The minimum absolute atomic E-state index is 0.793. The van der Waals surface area contributed by atoms with Gasteiger partial charge in [-0.1, -0.05) is 12.1 Å². The van der Waals surface area contributed by atoms with Crippen LogP contribution in [0.25, 0.3) is 16.9 Å². The Morgan fingerprint density at radius 2 is 1.92 bits per heavy atom. The monoisotopic (exact) mass is 349 g/mol. The van der Waals surface area contributed by atoms with Crippen LogP contribution in [0.1, 0.15) is 16.7 Å². The van der Waals surface area contributed by atoms with Crippen molar-refractivity contribution < 1.29 is 9.47 Å². The predicted octanol–water partition coefficient (Wildman–Crippen LogP) is 4.14. The molecule has 5 nitrogen and oxygen atoms in total. The average Bonchev–Trinajstić information content (AvgIpc) is 3.26. The molecule has 0 radical (unpaired) electrons. The number of nitrogens with one attached hydrogen (secondary N) is 1. The summed E-state index contributed by atoms with van der Waals surface area (Å²) in [6, 6.07) is 12.1. The van der Waals surface area contributed by atoms with Crippen molar-refractivity contribution in [2.45, 2.75) is 20.3 Å². The predicted molar refractivity (Wildman–Crippen MR) is 104 cm³/mol. The van der Waals surface area contributed by atoms with Crippen LogP contribution >= 0.6 is 0 Å². The lowest BCUT2D eigenvalue weighted by atomic mass is 10.1. The largest absolute Gasteiger partial charge is 0.497 e. The van der Waals surface area contributed by atoms with Gasteiger partial charge in [0.05, 0.1) is 19.9 Å². The van der Waals surface area contributed by atoms with Gasteiger partial charge < -0.3 is 14.8 Å². The summed E-state index contributed by atoms with van der Waals surface area (Å²) in [4.78, 5) is 0. The summed E-state index contributed by atoms with van der Waals surface area (Å²) >= 11 is 0. The number of fused-ring (bicyclic) bond motifs is 1. The molecule has 0 aliphatic carbocycles. The van der Waals surface area contributed by atoms with E-state index in [2.05, 4.69) is 37.4 Å². The van der Waals surface area contributed by atoms with Gasteiger partial charge in [-0.15, -0.1) is 0 Å². The second kappa shape index (κ2) is 6.41. The molecule has 0 saturated carbocycles. The van der Waals surface area contributed by atoms with Crippen LogP contribution in [0.15, 0.2) is 36.4 Å². The molecule has 0 amide bonds. The Bertz CT molecular complexity index is 976. The van der Waals surface area contributed by atoms with Crippen LogP contribution < -0.4 is 14.8 Å². The van der Waals surface area contributed by atoms with E-state index in [1.807, 2.05) is 22.9 Å². The molecule has 2 heterocycles. The molecule has 1 aliphatic heterocycles. The first-order chi connectivity index (χ1) is 12.6. The fraction of sp³-hybridized carbons (Fsp3) is 0.286. The fourth-order valence-electron chi connectivity index (χ4n) is 3.53. The number of rotatable bonds is 4. The molecule has 4 rings (SSSR count). The number of aromatic nitrogens is 2. The molecule has 1 aliphatic rings. The standard InChI is InChI=1S/C21H23N3O2/c1-13-6-5-7-18(14(13)2)24-21-16(10-11-22-21)20(23-24)17-12-15(25-3)8-9-19(17)26-4/h5-9,12,22H,10-11H2,1-4H3. The Morgan fingerprint density at radius 3 is 2.69 bits per heavy atom. The summed E-state index contributed by atoms with van der Waals surface area (Å²) in [5.74, 6) is 2.66. The molecule has 0 bridgehead atoms. The quantitative estimate of drug-likeness (QED) is 0.769. The van der Waals surface area contributed by atoms with E-state index in [0.717, 1.165) is 47.2 Å². The summed E-state index contributed by atoms with van der Waals surface area (Å²) in [7, 11) is 3.36. The Morgan fingerprint density at radius 1 is 1.08 bits per heavy atom. The molecular weight excluding hydrogens is 326 g/mol. The van der Waals surface area contributed by atoms with Crippen LogP contribution in [-0.2, 0) is 6.42 Å². The SMILES string of the molecule is COc1ccc(OC)c(-c2nn(-c3cccc(C)c3C)c3c2CCN3)c1. The lowest BCUT2D eigenvalue weighted by Gasteiger charge is -2.12. The van der Waals surface area contributed by atoms with Gasteiger partial charge in [0, 0.05) is 17.7 Å². The molecule has 0 fully saturated rings. The van der Waals surface area contributed by atoms with Gasteiger partial charge in [-0.05, 0) is 55.7 Å². The van der Waals surface area contributed by atoms with Gasteiger partial charge in [-0.2, -0.15) is 5.10 Å². The third kappa shape index (κ3) is 2.51. The Hall–Kier alpha value is -2.95. The summed E-state index contributed by atoms with van der Waals surface area (Å²) in [5, 5.41) is 8.48. The molecule has 1 N–H and O–H groups in total. The topological polar surface area (TPSA) is 48.3 Å². The van der Waals surface area contributed by atoms with E-state index in [9.17, 15) is 0 Å². The van der Waals surface area contributed by atoms with Crippen molar-refractivity contribution >= 4 is 5.82 Å². The molecule has 134 valence electrons. The van der Waals surface area contributed by atoms with Gasteiger partial charge in [-0.3, -0.25) is 0 Å². The van der Waals surface area contributed by atoms with E-state index in [0.29, 0.717) is 0 Å². The highest BCUT2D eigenvalue weighted by molar-refractivity contribution is 5.78. The fourth-order valence-corrected chi connectivity index (χ4v) is 3.53. The van der Waals surface area contributed by atoms with Crippen molar-refractivity contribution in [2.24, 2.45) is 0 Å². The lowest BCUT2D eigenvalue weighted by Crippen LogP contribution is -2.06. The van der Waals surface area contributed by atoms with E-state index in [-0.39, 0.29) is 0 Å². The molecule has 26 heavy (non-hydrogen) atoms. The van der Waals surface area contributed by atoms with Gasteiger partial charge in [0.2, 0.25) is 0 Å². The first-order valence-corrected chi connectivity index (χ1v) is 8.78. The van der Waals surface area contributed by atoms with Gasteiger partial charge in [0.1, 0.15) is 23.0 Å². The van der Waals surface area contributed by atoms with Crippen LogP contribution in [0.2, 0.25) is 0 Å². The third-order valence-electron chi connectivity index (χ3n) is 5.12. The Kier molecular flexibility index (Phi) is 4.07. The molecule has 3 aromatic rings. The van der Waals surface area contributed by atoms with Gasteiger partial charge in [-0.25, -0.2) is 4.68 Å². The summed E-state index contributed by atoms with van der Waals surface area (Å²) in [5.41, 5.74) is 6.71. The molecule has 0 unspecified atom stereocenters. The van der Waals surface area contributed by atoms with Crippen molar-refractivity contribution in [3.8, 4) is 28.4 Å². The zero-order valence-electron chi connectivity index (χ0n) is 15.6. The molecule has 1 aromatic heterocycles. The average molecular weight is 349 g/mol. The first-order valence-electron chi connectivity index (χ1n) is 8.78. The zero-order chi connectivity index (χ0) is 18.3. The normalized spacial score (nSPS) is 12.6. The highest BCUT2D eigenvalue weighted by Gasteiger charge is 2.26. The maximum absolute atomic E-state index is 5.59. The third-order valence-corrected chi connectivity index (χ3v) is 5.12. The molecule has 2 aromatic carbocycles. The number of methoxy groups -OCH3 is 2. The maximum Gasteiger partial charge on any atom is 0.133 e. The molecular formula is C21H23N3O2. The molecule has 0 spiro atoms. The van der Waals surface area contributed by atoms with Gasteiger partial charge in [0.15, 0.2) is 0 Å². The van der Waals surface area contributed by atoms with Crippen LogP contribution in [0.3, 0.4) is 0 Å². The van der Waals surface area contributed by atoms with Crippen LogP contribution in [0, 0.1) is 13.8 Å². The number of ether oxygens (including phenoxy) is 2. The van der Waals surface area contributed by atoms with E-state index in [1.165, 1.54) is 16.7 Å². The van der Waals surface area contributed by atoms with Crippen LogP contribution in [-0.4, -0.2) is 30.5 Å². The summed E-state index contributed by atoms with van der Waals surface area (Å²) in [6.07, 6.45) is 0.940. The van der Waals surface area contributed by atoms with E-state index >= 15 is 0 Å². The minimum atomic E-state index is 0.793. The minimum Gasteiger partial charge on any atom is -0.497 e. The van der Waals surface area contributed by atoms with Crippen molar-refractivity contribution in [2.75, 3.05) is 26.1 Å². The Labute approximate surface area is 153 Å². The second-order valence-electron chi connectivity index (χ2n) is 6.55. The van der Waals surface area contributed by atoms with E-state index < -0.39 is 0 Å². The molecule has 5 heteroatoms. The first kappa shape index (κ1) is 16.5. The van der Waals surface area contributed by atoms with Crippen molar-refractivity contribution in [1.29, 1.82) is 0 Å². The van der Waals surface area contributed by atoms with Crippen LogP contribution in [0.4, 0.5) is 5.82 Å². The van der Waals surface area contributed by atoms with Gasteiger partial charge >= 0.3 is 0 Å². The smallest absolute Gasteiger partial charge is 0.133 e. The van der Waals surface area contributed by atoms with Crippen molar-refractivity contribution in [3.05, 3.63) is 53.1 Å². The summed E-state index contributed by atoms with van der Waals surface area (Å²) < 4.78 is 13.0. The van der Waals surface area contributed by atoms with Gasteiger partial charge in [0.25, 0.3) is 0 Å². The molecule has 0 atom stereocenters. The highest BCUT2D eigenvalue weighted by atomic mass is 16.5. The number of aryl methyl sites for hydroxylation is 1. The number of hydrogen-bond acceptors (Lipinski definition) is 4. The zero-order valence-corrected chi connectivity index (χ0v) is 15.6. The van der Waals surface area contributed by atoms with E-state index in [1.54, 1.807) is 14.2 Å². The lowest BCUT2D eigenvalue weighted by molar-refractivity contribution is 0.404. The van der Waals surface area contributed by atoms with Crippen LogP contribution in [0.5, 0.6) is 11.5 Å². The number of nitrogens with zero attached hydrogens (tertiary/aromatic N) is 2. The number of hydrogen-bond donors (Lipinski definition) is 1. The molecule has 0 saturated heterocycles. The Balaban J connectivity index is 1.94. The number of anilines is 1. The second-order valence-corrected chi connectivity index (χ2v) is 6.55. The van der Waals surface area contributed by atoms with E-state index in [4.69, 9.17) is 14.6 Å². The maximum atomic E-state index is 5.59. The summed E-state index contributed by atoms with van der Waals surface area (Å²) in [6.45, 7) is 5.18. The van der Waals surface area contributed by atoms with Crippen molar-refractivity contribution in [3.63, 3.8) is 0 Å².